The molecule has 0 fully saturated rings. The molecular weight excluding hydrogens is 264 g/mol. The van der Waals surface area contributed by atoms with Gasteiger partial charge in [0, 0.05) is 12.8 Å². The van der Waals surface area contributed by atoms with Gasteiger partial charge in [0.25, 0.3) is 5.91 Å². The summed E-state index contributed by atoms with van der Waals surface area (Å²) < 4.78 is 5.32. The topological polar surface area (TPSA) is 64.3 Å². The molecule has 2 rings (SSSR count). The molecule has 2 unspecified atom stereocenters. The van der Waals surface area contributed by atoms with Gasteiger partial charge in [0.05, 0.1) is 6.04 Å². The van der Waals surface area contributed by atoms with Crippen LogP contribution in [0, 0.1) is 0 Å². The molecular formula is C17H20N2O2. The molecule has 3 N–H and O–H groups in total. The Balaban J connectivity index is 2.11. The summed E-state index contributed by atoms with van der Waals surface area (Å²) >= 11 is 0. The van der Waals surface area contributed by atoms with Gasteiger partial charge in [-0.3, -0.25) is 4.79 Å². The van der Waals surface area contributed by atoms with Crippen LogP contribution in [-0.2, 0) is 9.53 Å². The fraction of sp³-hybridized carbons (Fsp3) is 0.235. The van der Waals surface area contributed by atoms with Crippen molar-refractivity contribution in [2.45, 2.75) is 19.1 Å². The number of amides is 1. The van der Waals surface area contributed by atoms with Crippen molar-refractivity contribution in [3.63, 3.8) is 0 Å². The van der Waals surface area contributed by atoms with E-state index >= 15 is 0 Å². The Hall–Kier alpha value is -2.33. The lowest BCUT2D eigenvalue weighted by Crippen LogP contribution is -2.32. The van der Waals surface area contributed by atoms with E-state index in [2.05, 4.69) is 5.32 Å². The molecule has 1 amide bonds. The molecule has 0 aliphatic heterocycles. The number of ether oxygens (including phenoxy) is 1. The molecule has 0 heterocycles. The SMILES string of the molecule is COC(C(=O)NC(C)c1ccccc1N)c1ccccc1. The van der Waals surface area contributed by atoms with Gasteiger partial charge >= 0.3 is 0 Å². The van der Waals surface area contributed by atoms with Crippen molar-refractivity contribution in [3.05, 3.63) is 65.7 Å². The average Bonchev–Trinajstić information content (AvgIpc) is 2.49. The van der Waals surface area contributed by atoms with Crippen molar-refractivity contribution in [1.29, 1.82) is 0 Å². The number of carbonyl (C=O) groups excluding carboxylic acids is 1. The highest BCUT2D eigenvalue weighted by Crippen LogP contribution is 2.22. The maximum absolute atomic E-state index is 12.4. The van der Waals surface area contributed by atoms with Crippen LogP contribution in [-0.4, -0.2) is 13.0 Å². The number of nitrogen functional groups attached to an aromatic ring is 1. The highest BCUT2D eigenvalue weighted by Gasteiger charge is 2.22. The van der Waals surface area contributed by atoms with E-state index in [1.165, 1.54) is 7.11 Å². The molecule has 0 saturated heterocycles. The zero-order valence-electron chi connectivity index (χ0n) is 12.2. The first-order valence-corrected chi connectivity index (χ1v) is 6.86. The lowest BCUT2D eigenvalue weighted by atomic mass is 10.0. The van der Waals surface area contributed by atoms with Gasteiger partial charge in [0.15, 0.2) is 6.10 Å². The van der Waals surface area contributed by atoms with Crippen molar-refractivity contribution < 1.29 is 9.53 Å². The van der Waals surface area contributed by atoms with Gasteiger partial charge in [-0.25, -0.2) is 0 Å². The quantitative estimate of drug-likeness (QED) is 0.830. The average molecular weight is 284 g/mol. The summed E-state index contributed by atoms with van der Waals surface area (Å²) in [5.74, 6) is -0.181. The number of para-hydroxylation sites is 1. The molecule has 4 heteroatoms. The first kappa shape index (κ1) is 15.1. The number of methoxy groups -OCH3 is 1. The molecule has 0 aliphatic carbocycles. The summed E-state index contributed by atoms with van der Waals surface area (Å²) in [6, 6.07) is 16.7. The van der Waals surface area contributed by atoms with Crippen molar-refractivity contribution >= 4 is 11.6 Å². The fourth-order valence-electron chi connectivity index (χ4n) is 2.29. The number of rotatable bonds is 5. The Labute approximate surface area is 124 Å². The predicted octanol–water partition coefficient (Wildman–Crippen LogP) is 2.83. The molecule has 0 bridgehead atoms. The van der Waals surface area contributed by atoms with Gasteiger partial charge in [0.2, 0.25) is 0 Å². The zero-order valence-corrected chi connectivity index (χ0v) is 12.2. The summed E-state index contributed by atoms with van der Waals surface area (Å²) in [6.07, 6.45) is -0.626. The summed E-state index contributed by atoms with van der Waals surface area (Å²) in [6.45, 7) is 1.90. The minimum atomic E-state index is -0.626. The summed E-state index contributed by atoms with van der Waals surface area (Å²) in [5.41, 5.74) is 8.32. The van der Waals surface area contributed by atoms with Gasteiger partial charge in [0.1, 0.15) is 0 Å². The molecule has 2 aromatic rings. The van der Waals surface area contributed by atoms with Crippen molar-refractivity contribution in [2.24, 2.45) is 0 Å². The van der Waals surface area contributed by atoms with Gasteiger partial charge in [-0.1, -0.05) is 48.5 Å². The standard InChI is InChI=1S/C17H20N2O2/c1-12(14-10-6-7-11-15(14)18)19-17(20)16(21-2)13-8-4-3-5-9-13/h3-12,16H,18H2,1-2H3,(H,19,20). The first-order chi connectivity index (χ1) is 10.1. The third kappa shape index (κ3) is 3.61. The molecule has 4 nitrogen and oxygen atoms in total. The lowest BCUT2D eigenvalue weighted by molar-refractivity contribution is -0.132. The molecule has 0 radical (unpaired) electrons. The maximum atomic E-state index is 12.4. The second-order valence-corrected chi connectivity index (χ2v) is 4.89. The zero-order chi connectivity index (χ0) is 15.2. The fourth-order valence-corrected chi connectivity index (χ4v) is 2.29. The van der Waals surface area contributed by atoms with Crippen LogP contribution in [0.5, 0.6) is 0 Å². The maximum Gasteiger partial charge on any atom is 0.254 e. The van der Waals surface area contributed by atoms with Gasteiger partial charge < -0.3 is 15.8 Å². The van der Waals surface area contributed by atoms with Crippen molar-refractivity contribution in [2.75, 3.05) is 12.8 Å². The highest BCUT2D eigenvalue weighted by atomic mass is 16.5. The van der Waals surface area contributed by atoms with Crippen LogP contribution >= 0.6 is 0 Å². The summed E-state index contributed by atoms with van der Waals surface area (Å²) in [5, 5.41) is 2.94. The van der Waals surface area contributed by atoms with E-state index in [4.69, 9.17) is 10.5 Å². The number of hydrogen-bond acceptors (Lipinski definition) is 3. The summed E-state index contributed by atoms with van der Waals surface area (Å²) in [4.78, 5) is 12.4. The minimum Gasteiger partial charge on any atom is -0.398 e. The van der Waals surface area contributed by atoms with Crippen LogP contribution in [0.4, 0.5) is 5.69 Å². The van der Waals surface area contributed by atoms with Crippen molar-refractivity contribution in [1.82, 2.24) is 5.32 Å². The molecule has 2 aromatic carbocycles. The van der Waals surface area contributed by atoms with Crippen LogP contribution in [0.2, 0.25) is 0 Å². The molecule has 0 aliphatic rings. The van der Waals surface area contributed by atoms with Gasteiger partial charge in [-0.15, -0.1) is 0 Å². The summed E-state index contributed by atoms with van der Waals surface area (Å²) in [7, 11) is 1.53. The molecule has 0 aromatic heterocycles. The van der Waals surface area contributed by atoms with E-state index in [1.807, 2.05) is 61.5 Å². The third-order valence-corrected chi connectivity index (χ3v) is 3.40. The van der Waals surface area contributed by atoms with E-state index in [0.29, 0.717) is 5.69 Å². The van der Waals surface area contributed by atoms with E-state index in [0.717, 1.165) is 11.1 Å². The third-order valence-electron chi connectivity index (χ3n) is 3.40. The Morgan fingerprint density at radius 2 is 1.71 bits per heavy atom. The highest BCUT2D eigenvalue weighted by molar-refractivity contribution is 5.82. The number of hydrogen-bond donors (Lipinski definition) is 2. The van der Waals surface area contributed by atoms with E-state index < -0.39 is 6.10 Å². The molecule has 0 spiro atoms. The van der Waals surface area contributed by atoms with Crippen LogP contribution in [0.3, 0.4) is 0 Å². The second-order valence-electron chi connectivity index (χ2n) is 4.89. The van der Waals surface area contributed by atoms with Crippen LogP contribution < -0.4 is 11.1 Å². The molecule has 2 atom stereocenters. The van der Waals surface area contributed by atoms with E-state index in [9.17, 15) is 4.79 Å². The number of nitrogens with one attached hydrogen (secondary N) is 1. The van der Waals surface area contributed by atoms with Crippen LogP contribution in [0.25, 0.3) is 0 Å². The minimum absolute atomic E-state index is 0.180. The normalized spacial score (nSPS) is 13.4. The number of carbonyl (C=O) groups is 1. The second kappa shape index (κ2) is 6.90. The Bertz CT molecular complexity index is 599. The molecule has 110 valence electrons. The van der Waals surface area contributed by atoms with Crippen molar-refractivity contribution in [3.8, 4) is 0 Å². The Morgan fingerprint density at radius 1 is 1.10 bits per heavy atom. The number of nitrogens with two attached hydrogens (primary N) is 1. The Morgan fingerprint density at radius 3 is 2.33 bits per heavy atom. The predicted molar refractivity (Wildman–Crippen MR) is 83.6 cm³/mol. The van der Waals surface area contributed by atoms with E-state index in [-0.39, 0.29) is 11.9 Å². The lowest BCUT2D eigenvalue weighted by Gasteiger charge is -2.20. The van der Waals surface area contributed by atoms with Gasteiger partial charge in [-0.05, 0) is 24.1 Å². The largest absolute Gasteiger partial charge is 0.398 e. The molecule has 21 heavy (non-hydrogen) atoms. The van der Waals surface area contributed by atoms with Crippen LogP contribution in [0.1, 0.15) is 30.2 Å². The number of anilines is 1. The Kier molecular flexibility index (Phi) is 4.95. The van der Waals surface area contributed by atoms with Crippen LogP contribution in [0.15, 0.2) is 54.6 Å². The monoisotopic (exact) mass is 284 g/mol. The molecule has 0 saturated carbocycles. The van der Waals surface area contributed by atoms with E-state index in [1.54, 1.807) is 0 Å². The smallest absolute Gasteiger partial charge is 0.254 e. The first-order valence-electron chi connectivity index (χ1n) is 6.86. The number of benzene rings is 2. The van der Waals surface area contributed by atoms with Gasteiger partial charge in [-0.2, -0.15) is 0 Å².